The minimum atomic E-state index is -1.06. The fourth-order valence-corrected chi connectivity index (χ4v) is 3.73. The van der Waals surface area contributed by atoms with E-state index in [1.54, 1.807) is 6.07 Å². The maximum atomic E-state index is 14.5. The number of carbonyl (C=O) groups excluding carboxylic acids is 1. The molecule has 11 heteroatoms. The largest absolute Gasteiger partial charge is 0.488 e. The summed E-state index contributed by atoms with van der Waals surface area (Å²) in [4.78, 5) is 20.8. The molecule has 1 saturated carbocycles. The fraction of sp³-hybridized carbons (Fsp3) is 0.261. The minimum absolute atomic E-state index is 0. The van der Waals surface area contributed by atoms with Crippen molar-refractivity contribution >= 4 is 29.7 Å². The zero-order chi connectivity index (χ0) is 23.5. The highest BCUT2D eigenvalue weighted by molar-refractivity contribution is 6.07. The number of ether oxygens (including phenoxy) is 1. The van der Waals surface area contributed by atoms with Gasteiger partial charge in [0.1, 0.15) is 28.8 Å². The summed E-state index contributed by atoms with van der Waals surface area (Å²) in [6, 6.07) is 5.63. The molecule has 0 spiro atoms. The number of nitrogens with two attached hydrogens (primary N) is 2. The van der Waals surface area contributed by atoms with Crippen molar-refractivity contribution in [1.82, 2.24) is 9.97 Å². The van der Waals surface area contributed by atoms with E-state index in [1.165, 1.54) is 12.4 Å². The third-order valence-electron chi connectivity index (χ3n) is 5.46. The molecule has 180 valence electrons. The minimum Gasteiger partial charge on any atom is -0.488 e. The smallest absolute Gasteiger partial charge is 0.276 e. The van der Waals surface area contributed by atoms with E-state index in [2.05, 4.69) is 15.3 Å². The second kappa shape index (κ2) is 10.7. The Morgan fingerprint density at radius 1 is 1.06 bits per heavy atom. The molecule has 3 aromatic rings. The Morgan fingerprint density at radius 3 is 2.41 bits per heavy atom. The highest BCUT2D eigenvalue weighted by Gasteiger charge is 2.24. The Morgan fingerprint density at radius 2 is 1.74 bits per heavy atom. The lowest BCUT2D eigenvalue weighted by molar-refractivity contribution is 0.102. The van der Waals surface area contributed by atoms with Crippen molar-refractivity contribution in [2.24, 2.45) is 5.73 Å². The first-order chi connectivity index (χ1) is 15.8. The highest BCUT2D eigenvalue weighted by atomic mass is 35.5. The van der Waals surface area contributed by atoms with Crippen LogP contribution in [0.5, 0.6) is 5.75 Å². The van der Waals surface area contributed by atoms with Crippen molar-refractivity contribution in [3.8, 4) is 17.0 Å². The van der Waals surface area contributed by atoms with Crippen LogP contribution in [0.2, 0.25) is 0 Å². The van der Waals surface area contributed by atoms with Crippen molar-refractivity contribution in [2.75, 3.05) is 11.1 Å². The molecule has 0 saturated heterocycles. The zero-order valence-corrected chi connectivity index (χ0v) is 18.7. The molecule has 34 heavy (non-hydrogen) atoms. The number of amides is 1. The van der Waals surface area contributed by atoms with Crippen molar-refractivity contribution in [2.45, 2.75) is 37.8 Å². The van der Waals surface area contributed by atoms with Crippen LogP contribution in [0.15, 0.2) is 42.7 Å². The number of anilines is 2. The number of rotatable bonds is 5. The molecule has 1 aromatic carbocycles. The molecular weight excluding hydrogens is 471 g/mol. The molecule has 2 aromatic heterocycles. The van der Waals surface area contributed by atoms with E-state index in [0.29, 0.717) is 5.75 Å². The number of aromatic nitrogens is 2. The molecule has 0 unspecified atom stereocenters. The molecule has 5 N–H and O–H groups in total. The quantitative estimate of drug-likeness (QED) is 0.483. The molecule has 0 atom stereocenters. The van der Waals surface area contributed by atoms with E-state index in [1.807, 2.05) is 0 Å². The van der Waals surface area contributed by atoms with Gasteiger partial charge in [-0.25, -0.2) is 18.2 Å². The van der Waals surface area contributed by atoms with Crippen LogP contribution in [0.4, 0.5) is 24.5 Å². The van der Waals surface area contributed by atoms with Gasteiger partial charge in [0.25, 0.3) is 5.91 Å². The number of nitrogens with zero attached hydrogens (tertiary/aromatic N) is 2. The SMILES string of the molecule is Cl.Nc1cc(F)c(-c2c(F)cccc2F)nc1C(=O)Nc1cnccc1O[C@H]1CC[C@H](N)CC1. The third-order valence-corrected chi connectivity index (χ3v) is 5.46. The van der Waals surface area contributed by atoms with Gasteiger partial charge >= 0.3 is 0 Å². The maximum absolute atomic E-state index is 14.5. The molecule has 1 aliphatic rings. The number of pyridine rings is 2. The zero-order valence-electron chi connectivity index (χ0n) is 17.9. The summed E-state index contributed by atoms with van der Waals surface area (Å²) in [6.07, 6.45) is 6.07. The first-order valence-corrected chi connectivity index (χ1v) is 10.4. The lowest BCUT2D eigenvalue weighted by Gasteiger charge is -2.27. The van der Waals surface area contributed by atoms with Gasteiger partial charge in [-0.15, -0.1) is 12.4 Å². The maximum Gasteiger partial charge on any atom is 0.276 e. The van der Waals surface area contributed by atoms with E-state index in [9.17, 15) is 18.0 Å². The molecule has 2 heterocycles. The van der Waals surface area contributed by atoms with Gasteiger partial charge in [0.2, 0.25) is 0 Å². The van der Waals surface area contributed by atoms with Crippen molar-refractivity contribution in [1.29, 1.82) is 0 Å². The Labute approximate surface area is 200 Å². The molecule has 1 aliphatic carbocycles. The van der Waals surface area contributed by atoms with Gasteiger partial charge in [-0.05, 0) is 37.8 Å². The van der Waals surface area contributed by atoms with E-state index >= 15 is 0 Å². The average molecular weight is 494 g/mol. The van der Waals surface area contributed by atoms with Crippen LogP contribution in [0, 0.1) is 17.5 Å². The van der Waals surface area contributed by atoms with Gasteiger partial charge in [0.15, 0.2) is 11.5 Å². The van der Waals surface area contributed by atoms with Crippen LogP contribution >= 0.6 is 12.4 Å². The van der Waals surface area contributed by atoms with Crippen molar-refractivity contribution in [3.63, 3.8) is 0 Å². The molecular formula is C23H23ClF3N5O2. The first kappa shape index (κ1) is 25.3. The summed E-state index contributed by atoms with van der Waals surface area (Å²) in [7, 11) is 0. The third kappa shape index (κ3) is 5.40. The Bertz CT molecular complexity index is 1170. The van der Waals surface area contributed by atoms with Crippen LogP contribution in [-0.2, 0) is 0 Å². The summed E-state index contributed by atoms with van der Waals surface area (Å²) in [5, 5.41) is 2.59. The number of hydrogen-bond acceptors (Lipinski definition) is 6. The Kier molecular flexibility index (Phi) is 7.95. The van der Waals surface area contributed by atoms with Crippen LogP contribution < -0.4 is 21.5 Å². The average Bonchev–Trinajstić information content (AvgIpc) is 2.77. The van der Waals surface area contributed by atoms with Gasteiger partial charge in [-0.1, -0.05) is 6.07 Å². The Balaban J connectivity index is 0.00000324. The van der Waals surface area contributed by atoms with Gasteiger partial charge in [-0.3, -0.25) is 9.78 Å². The standard InChI is InChI=1S/C23H22F3N5O2.ClH/c24-14-2-1-3-15(25)20(14)21-16(26)10-17(28)22(31-21)23(32)30-18-11-29-9-8-19(18)33-13-6-4-12(27)5-7-13;/h1-3,8-13H,4-7,27-28H2,(H,30,32);1H/t12-,13-;. The van der Waals surface area contributed by atoms with Crippen LogP contribution in [0.1, 0.15) is 36.2 Å². The number of carbonyl (C=O) groups is 1. The normalized spacial score (nSPS) is 17.5. The second-order valence-corrected chi connectivity index (χ2v) is 7.83. The van der Waals surface area contributed by atoms with E-state index in [0.717, 1.165) is 49.9 Å². The van der Waals surface area contributed by atoms with Gasteiger partial charge in [-0.2, -0.15) is 0 Å². The number of nitrogens with one attached hydrogen (secondary N) is 1. The lowest BCUT2D eigenvalue weighted by atomic mass is 9.94. The van der Waals surface area contributed by atoms with Gasteiger partial charge in [0.05, 0.1) is 23.6 Å². The number of halogens is 4. The fourth-order valence-electron chi connectivity index (χ4n) is 3.73. The summed E-state index contributed by atoms with van der Waals surface area (Å²) in [6.45, 7) is 0. The van der Waals surface area contributed by atoms with Crippen molar-refractivity contribution < 1.29 is 22.7 Å². The van der Waals surface area contributed by atoms with Crippen molar-refractivity contribution in [3.05, 3.63) is 65.9 Å². The number of hydrogen-bond donors (Lipinski definition) is 3. The van der Waals surface area contributed by atoms with Crippen LogP contribution in [-0.4, -0.2) is 28.0 Å². The lowest BCUT2D eigenvalue weighted by Crippen LogP contribution is -2.31. The molecule has 1 amide bonds. The Hall–Kier alpha value is -3.37. The summed E-state index contributed by atoms with van der Waals surface area (Å²) >= 11 is 0. The number of benzene rings is 1. The van der Waals surface area contributed by atoms with Gasteiger partial charge in [0, 0.05) is 24.4 Å². The summed E-state index contributed by atoms with van der Waals surface area (Å²) in [5.41, 5.74) is 9.93. The highest BCUT2D eigenvalue weighted by Crippen LogP contribution is 2.31. The number of nitrogen functional groups attached to an aromatic ring is 1. The second-order valence-electron chi connectivity index (χ2n) is 7.83. The first-order valence-electron chi connectivity index (χ1n) is 10.4. The molecule has 7 nitrogen and oxygen atoms in total. The van der Waals surface area contributed by atoms with Crippen LogP contribution in [0.3, 0.4) is 0 Å². The topological polar surface area (TPSA) is 116 Å². The molecule has 0 bridgehead atoms. The molecule has 0 aliphatic heterocycles. The predicted molar refractivity (Wildman–Crippen MR) is 124 cm³/mol. The van der Waals surface area contributed by atoms with Crippen LogP contribution in [0.25, 0.3) is 11.3 Å². The summed E-state index contributed by atoms with van der Waals surface area (Å²) in [5.74, 6) is -3.52. The van der Waals surface area contributed by atoms with E-state index < -0.39 is 40.3 Å². The molecule has 0 radical (unpaired) electrons. The molecule has 1 fully saturated rings. The summed E-state index contributed by atoms with van der Waals surface area (Å²) < 4.78 is 48.9. The van der Waals surface area contributed by atoms with Gasteiger partial charge < -0.3 is 21.5 Å². The predicted octanol–water partition coefficient (Wildman–Crippen LogP) is 4.47. The monoisotopic (exact) mass is 493 g/mol. The van der Waals surface area contributed by atoms with E-state index in [-0.39, 0.29) is 35.9 Å². The van der Waals surface area contributed by atoms with E-state index in [4.69, 9.17) is 16.2 Å². The molecule has 4 rings (SSSR count).